The van der Waals surface area contributed by atoms with E-state index in [1.54, 1.807) is 4.68 Å². The number of guanidine groups is 1. The number of hydrogen-bond acceptors (Lipinski definition) is 6. The van der Waals surface area contributed by atoms with Crippen molar-refractivity contribution in [2.24, 2.45) is 10.7 Å². The number of aliphatic imine (C=N–C) groups is 1. The van der Waals surface area contributed by atoms with E-state index in [4.69, 9.17) is 10.8 Å². The first-order valence-corrected chi connectivity index (χ1v) is 4.87. The monoisotopic (exact) mass is 210 g/mol. The maximum Gasteiger partial charge on any atom is 0.189 e. The van der Waals surface area contributed by atoms with E-state index >= 15 is 0 Å². The highest BCUT2D eigenvalue weighted by Gasteiger charge is 2.20. The maximum absolute atomic E-state index is 8.67. The zero-order chi connectivity index (χ0) is 10.7. The fourth-order valence-electron chi connectivity index (χ4n) is 1.44. The SMILES string of the molecule is NC1=NCC(c2cn(CCCO)nn2)N1. The lowest BCUT2D eigenvalue weighted by atomic mass is 10.2. The lowest BCUT2D eigenvalue weighted by molar-refractivity contribution is 0.276. The molecule has 0 amide bonds. The van der Waals surface area contributed by atoms with Crippen molar-refractivity contribution in [3.05, 3.63) is 11.9 Å². The third-order valence-corrected chi connectivity index (χ3v) is 2.23. The molecular formula is C8H14N6O. The summed E-state index contributed by atoms with van der Waals surface area (Å²) in [7, 11) is 0. The summed E-state index contributed by atoms with van der Waals surface area (Å²) in [6.07, 6.45) is 2.53. The van der Waals surface area contributed by atoms with Gasteiger partial charge >= 0.3 is 0 Å². The van der Waals surface area contributed by atoms with Gasteiger partial charge in [0.25, 0.3) is 0 Å². The Bertz CT molecular complexity index is 360. The Hall–Kier alpha value is -1.63. The number of nitrogens with zero attached hydrogens (tertiary/aromatic N) is 4. The molecule has 82 valence electrons. The molecule has 2 rings (SSSR count). The van der Waals surface area contributed by atoms with Crippen LogP contribution in [0.3, 0.4) is 0 Å². The van der Waals surface area contributed by atoms with E-state index < -0.39 is 0 Å². The average molecular weight is 210 g/mol. The van der Waals surface area contributed by atoms with Crippen LogP contribution in [0.15, 0.2) is 11.2 Å². The van der Waals surface area contributed by atoms with Crippen LogP contribution in [0.4, 0.5) is 0 Å². The molecule has 2 heterocycles. The first kappa shape index (κ1) is 9.91. The summed E-state index contributed by atoms with van der Waals surface area (Å²) in [6.45, 7) is 1.43. The molecule has 4 N–H and O–H groups in total. The topological polar surface area (TPSA) is 101 Å². The van der Waals surface area contributed by atoms with Gasteiger partial charge in [-0.15, -0.1) is 5.10 Å². The van der Waals surface area contributed by atoms with Gasteiger partial charge in [-0.25, -0.2) is 0 Å². The van der Waals surface area contributed by atoms with Crippen LogP contribution in [0.2, 0.25) is 0 Å². The standard InChI is InChI=1S/C8H14N6O/c9-8-10-4-6(11-8)7-5-14(13-12-7)2-1-3-15/h5-6,15H,1-4H2,(H3,9,10,11). The van der Waals surface area contributed by atoms with E-state index in [-0.39, 0.29) is 12.6 Å². The van der Waals surface area contributed by atoms with Crippen molar-refractivity contribution in [2.75, 3.05) is 13.2 Å². The number of hydrogen-bond donors (Lipinski definition) is 3. The Morgan fingerprint density at radius 3 is 3.20 bits per heavy atom. The van der Waals surface area contributed by atoms with Crippen molar-refractivity contribution in [1.29, 1.82) is 0 Å². The van der Waals surface area contributed by atoms with Crippen LogP contribution < -0.4 is 11.1 Å². The maximum atomic E-state index is 8.67. The Balaban J connectivity index is 1.95. The van der Waals surface area contributed by atoms with E-state index in [0.29, 0.717) is 25.5 Å². The number of aliphatic hydroxyl groups is 1. The van der Waals surface area contributed by atoms with Gasteiger partial charge in [0.2, 0.25) is 0 Å². The quantitative estimate of drug-likeness (QED) is 0.568. The highest BCUT2D eigenvalue weighted by Crippen LogP contribution is 2.12. The van der Waals surface area contributed by atoms with Gasteiger partial charge in [0.15, 0.2) is 5.96 Å². The predicted molar refractivity (Wildman–Crippen MR) is 54.1 cm³/mol. The number of rotatable bonds is 4. The minimum absolute atomic E-state index is 0.0351. The average Bonchev–Trinajstić information content (AvgIpc) is 2.83. The summed E-state index contributed by atoms with van der Waals surface area (Å²) >= 11 is 0. The molecule has 0 aliphatic carbocycles. The molecule has 0 aromatic carbocycles. The van der Waals surface area contributed by atoms with Gasteiger partial charge in [-0.1, -0.05) is 5.21 Å². The van der Waals surface area contributed by atoms with Crippen LogP contribution in [-0.2, 0) is 6.54 Å². The van der Waals surface area contributed by atoms with Gasteiger partial charge in [0.05, 0.1) is 18.8 Å². The summed E-state index contributed by atoms with van der Waals surface area (Å²) in [5.74, 6) is 0.449. The second-order valence-electron chi connectivity index (χ2n) is 3.41. The van der Waals surface area contributed by atoms with Gasteiger partial charge in [-0.3, -0.25) is 9.67 Å². The number of aromatic nitrogens is 3. The number of aliphatic hydroxyl groups excluding tert-OH is 1. The number of aryl methyl sites for hydroxylation is 1. The van der Waals surface area contributed by atoms with Crippen LogP contribution in [0, 0.1) is 0 Å². The van der Waals surface area contributed by atoms with E-state index in [1.807, 2.05) is 6.20 Å². The Kier molecular flexibility index (Phi) is 2.82. The fourth-order valence-corrected chi connectivity index (χ4v) is 1.44. The summed E-state index contributed by atoms with van der Waals surface area (Å²) in [6, 6.07) is 0.0351. The Labute approximate surface area is 87.0 Å². The number of nitrogens with one attached hydrogen (secondary N) is 1. The summed E-state index contributed by atoms with van der Waals surface area (Å²) in [5, 5.41) is 19.6. The first-order valence-electron chi connectivity index (χ1n) is 4.87. The third kappa shape index (κ3) is 2.24. The molecule has 7 heteroatoms. The molecule has 0 fully saturated rings. The minimum Gasteiger partial charge on any atom is -0.396 e. The van der Waals surface area contributed by atoms with Crippen molar-refractivity contribution >= 4 is 5.96 Å². The highest BCUT2D eigenvalue weighted by atomic mass is 16.3. The zero-order valence-electron chi connectivity index (χ0n) is 8.30. The van der Waals surface area contributed by atoms with Crippen LogP contribution in [0.1, 0.15) is 18.2 Å². The van der Waals surface area contributed by atoms with Crippen LogP contribution in [0.25, 0.3) is 0 Å². The molecular weight excluding hydrogens is 196 g/mol. The summed E-state index contributed by atoms with van der Waals surface area (Å²) < 4.78 is 1.71. The predicted octanol–water partition coefficient (Wildman–Crippen LogP) is -1.38. The van der Waals surface area contributed by atoms with Crippen molar-refractivity contribution in [2.45, 2.75) is 19.0 Å². The molecule has 1 aromatic heterocycles. The molecule has 0 saturated heterocycles. The Morgan fingerprint density at radius 1 is 1.67 bits per heavy atom. The van der Waals surface area contributed by atoms with E-state index in [1.165, 1.54) is 0 Å². The van der Waals surface area contributed by atoms with Crippen molar-refractivity contribution in [3.63, 3.8) is 0 Å². The van der Waals surface area contributed by atoms with Crippen LogP contribution in [0.5, 0.6) is 0 Å². The van der Waals surface area contributed by atoms with E-state index in [0.717, 1.165) is 5.69 Å². The van der Waals surface area contributed by atoms with Crippen LogP contribution in [-0.4, -0.2) is 39.2 Å². The van der Waals surface area contributed by atoms with Gasteiger partial charge in [-0.2, -0.15) is 0 Å². The third-order valence-electron chi connectivity index (χ3n) is 2.23. The second kappa shape index (κ2) is 4.26. The molecule has 0 spiro atoms. The van der Waals surface area contributed by atoms with Crippen molar-refractivity contribution in [1.82, 2.24) is 20.3 Å². The van der Waals surface area contributed by atoms with Gasteiger partial charge in [-0.05, 0) is 6.42 Å². The van der Waals surface area contributed by atoms with E-state index in [9.17, 15) is 0 Å². The number of nitrogens with two attached hydrogens (primary N) is 1. The van der Waals surface area contributed by atoms with E-state index in [2.05, 4.69) is 20.6 Å². The smallest absolute Gasteiger partial charge is 0.189 e. The fraction of sp³-hybridized carbons (Fsp3) is 0.625. The second-order valence-corrected chi connectivity index (χ2v) is 3.41. The largest absolute Gasteiger partial charge is 0.396 e. The van der Waals surface area contributed by atoms with Gasteiger partial charge in [0, 0.05) is 13.2 Å². The van der Waals surface area contributed by atoms with Gasteiger partial charge < -0.3 is 16.2 Å². The summed E-state index contributed by atoms with van der Waals surface area (Å²) in [5.41, 5.74) is 6.33. The first-order chi connectivity index (χ1) is 7.29. The van der Waals surface area contributed by atoms with Crippen molar-refractivity contribution < 1.29 is 5.11 Å². The molecule has 7 nitrogen and oxygen atoms in total. The minimum atomic E-state index is 0.0351. The lowest BCUT2D eigenvalue weighted by Gasteiger charge is -2.04. The normalized spacial score (nSPS) is 20.1. The van der Waals surface area contributed by atoms with Crippen molar-refractivity contribution in [3.8, 4) is 0 Å². The zero-order valence-corrected chi connectivity index (χ0v) is 8.30. The molecule has 1 unspecified atom stereocenters. The van der Waals surface area contributed by atoms with Gasteiger partial charge in [0.1, 0.15) is 5.69 Å². The summed E-state index contributed by atoms with van der Waals surface area (Å²) in [4.78, 5) is 4.03. The highest BCUT2D eigenvalue weighted by molar-refractivity contribution is 5.79. The molecule has 15 heavy (non-hydrogen) atoms. The molecule has 1 aliphatic heterocycles. The Morgan fingerprint density at radius 2 is 2.53 bits per heavy atom. The van der Waals surface area contributed by atoms with Crippen LogP contribution >= 0.6 is 0 Å². The molecule has 1 aliphatic rings. The molecule has 0 saturated carbocycles. The lowest BCUT2D eigenvalue weighted by Crippen LogP contribution is -2.29. The molecule has 0 bridgehead atoms. The molecule has 1 aromatic rings. The molecule has 0 radical (unpaired) electrons. The molecule has 1 atom stereocenters.